The van der Waals surface area contributed by atoms with E-state index in [0.29, 0.717) is 30.9 Å². The summed E-state index contributed by atoms with van der Waals surface area (Å²) in [6.45, 7) is 1.25. The maximum atomic E-state index is 12.6. The van der Waals surface area contributed by atoms with Crippen molar-refractivity contribution in [2.75, 3.05) is 24.6 Å². The van der Waals surface area contributed by atoms with Crippen LogP contribution in [0.1, 0.15) is 34.9 Å². The first-order valence-electron chi connectivity index (χ1n) is 9.15. The molecule has 1 saturated heterocycles. The van der Waals surface area contributed by atoms with Crippen LogP contribution in [0.2, 0.25) is 0 Å². The zero-order valence-electron chi connectivity index (χ0n) is 14.9. The summed E-state index contributed by atoms with van der Waals surface area (Å²) in [6.07, 6.45) is 0.770. The summed E-state index contributed by atoms with van der Waals surface area (Å²) in [5.74, 6) is -0.212. The number of hydrogen-bond donors (Lipinski definition) is 2. The third-order valence-electron chi connectivity index (χ3n) is 5.37. The Bertz CT molecular complexity index is 848. The highest BCUT2D eigenvalue weighted by Crippen LogP contribution is 2.54. The van der Waals surface area contributed by atoms with Crippen LogP contribution in [0.4, 0.5) is 10.5 Å². The average molecular weight is 366 g/mol. The Morgan fingerprint density at radius 3 is 2.63 bits per heavy atom. The lowest BCUT2D eigenvalue weighted by Crippen LogP contribution is -2.33. The molecule has 2 aromatic carbocycles. The Morgan fingerprint density at radius 2 is 1.96 bits per heavy atom. The van der Waals surface area contributed by atoms with Crippen molar-refractivity contribution in [2.45, 2.75) is 18.9 Å². The first-order chi connectivity index (χ1) is 13.1. The SMILES string of the molecule is O=C(NCC1(C(O)c2ccccc2)CC1)c1cccc(N2CCOC2=O)c1. The van der Waals surface area contributed by atoms with Gasteiger partial charge in [0, 0.05) is 23.2 Å². The van der Waals surface area contributed by atoms with Crippen LogP contribution >= 0.6 is 0 Å². The number of cyclic esters (lactones) is 1. The molecule has 1 unspecified atom stereocenters. The summed E-state index contributed by atoms with van der Waals surface area (Å²) in [7, 11) is 0. The molecule has 0 spiro atoms. The minimum absolute atomic E-state index is 0.212. The number of nitrogens with zero attached hydrogens (tertiary/aromatic N) is 1. The fourth-order valence-electron chi connectivity index (χ4n) is 3.50. The predicted molar refractivity (Wildman–Crippen MR) is 101 cm³/mol. The van der Waals surface area contributed by atoms with E-state index in [0.717, 1.165) is 18.4 Å². The van der Waals surface area contributed by atoms with Crippen molar-refractivity contribution in [2.24, 2.45) is 5.41 Å². The number of benzene rings is 2. The molecule has 2 aromatic rings. The van der Waals surface area contributed by atoms with Crippen molar-refractivity contribution in [3.8, 4) is 0 Å². The molecule has 140 valence electrons. The third kappa shape index (κ3) is 3.53. The monoisotopic (exact) mass is 366 g/mol. The highest BCUT2D eigenvalue weighted by molar-refractivity contribution is 5.97. The summed E-state index contributed by atoms with van der Waals surface area (Å²) in [6, 6.07) is 16.5. The minimum atomic E-state index is -0.593. The summed E-state index contributed by atoms with van der Waals surface area (Å²) in [4.78, 5) is 25.8. The van der Waals surface area contributed by atoms with Crippen molar-refractivity contribution in [1.82, 2.24) is 5.32 Å². The topological polar surface area (TPSA) is 78.9 Å². The number of hydrogen-bond acceptors (Lipinski definition) is 4. The molecule has 4 rings (SSSR count). The highest BCUT2D eigenvalue weighted by Gasteiger charge is 2.49. The van der Waals surface area contributed by atoms with Gasteiger partial charge in [-0.1, -0.05) is 36.4 Å². The smallest absolute Gasteiger partial charge is 0.414 e. The lowest BCUT2D eigenvalue weighted by Gasteiger charge is -2.23. The van der Waals surface area contributed by atoms with Crippen LogP contribution in [0.5, 0.6) is 0 Å². The molecule has 0 aromatic heterocycles. The number of amides is 2. The van der Waals surface area contributed by atoms with E-state index < -0.39 is 12.2 Å². The van der Waals surface area contributed by atoms with Gasteiger partial charge in [-0.25, -0.2) is 4.79 Å². The molecule has 2 N–H and O–H groups in total. The quantitative estimate of drug-likeness (QED) is 0.824. The average Bonchev–Trinajstić information content (AvgIpc) is 3.39. The second-order valence-electron chi connectivity index (χ2n) is 7.17. The number of carbonyl (C=O) groups excluding carboxylic acids is 2. The molecule has 1 atom stereocenters. The zero-order valence-corrected chi connectivity index (χ0v) is 14.9. The van der Waals surface area contributed by atoms with Crippen molar-refractivity contribution in [3.63, 3.8) is 0 Å². The molecular weight excluding hydrogens is 344 g/mol. The van der Waals surface area contributed by atoms with E-state index in [-0.39, 0.29) is 11.3 Å². The van der Waals surface area contributed by atoms with E-state index in [1.807, 2.05) is 30.3 Å². The van der Waals surface area contributed by atoms with Gasteiger partial charge in [0.15, 0.2) is 0 Å². The number of anilines is 1. The Balaban J connectivity index is 1.42. The van der Waals surface area contributed by atoms with Crippen molar-refractivity contribution in [3.05, 3.63) is 65.7 Å². The molecule has 2 fully saturated rings. The molecule has 0 bridgehead atoms. The van der Waals surface area contributed by atoms with E-state index >= 15 is 0 Å². The van der Waals surface area contributed by atoms with Gasteiger partial charge >= 0.3 is 6.09 Å². The second-order valence-corrected chi connectivity index (χ2v) is 7.17. The maximum Gasteiger partial charge on any atom is 0.414 e. The van der Waals surface area contributed by atoms with Gasteiger partial charge < -0.3 is 15.2 Å². The zero-order chi connectivity index (χ0) is 18.9. The third-order valence-corrected chi connectivity index (χ3v) is 5.37. The molecule has 1 aliphatic carbocycles. The van der Waals surface area contributed by atoms with Gasteiger partial charge in [-0.15, -0.1) is 0 Å². The normalized spacial score (nSPS) is 18.7. The van der Waals surface area contributed by atoms with Crippen molar-refractivity contribution >= 4 is 17.7 Å². The number of aliphatic hydroxyl groups excluding tert-OH is 1. The van der Waals surface area contributed by atoms with E-state index in [1.54, 1.807) is 24.3 Å². The van der Waals surface area contributed by atoms with Crippen LogP contribution in [-0.4, -0.2) is 36.8 Å². The molecule has 6 heteroatoms. The molecule has 1 heterocycles. The molecule has 0 radical (unpaired) electrons. The van der Waals surface area contributed by atoms with E-state index in [2.05, 4.69) is 5.32 Å². The van der Waals surface area contributed by atoms with Gasteiger partial charge in [0.25, 0.3) is 5.91 Å². The molecule has 2 amide bonds. The second kappa shape index (κ2) is 7.04. The van der Waals surface area contributed by atoms with Crippen molar-refractivity contribution in [1.29, 1.82) is 0 Å². The number of nitrogens with one attached hydrogen (secondary N) is 1. The lowest BCUT2D eigenvalue weighted by atomic mass is 9.92. The van der Waals surface area contributed by atoms with Crippen LogP contribution in [0.15, 0.2) is 54.6 Å². The van der Waals surface area contributed by atoms with E-state index in [1.165, 1.54) is 4.90 Å². The van der Waals surface area contributed by atoms with Gasteiger partial charge in [-0.3, -0.25) is 9.69 Å². The summed E-state index contributed by atoms with van der Waals surface area (Å²) < 4.78 is 4.95. The number of rotatable bonds is 6. The summed E-state index contributed by atoms with van der Waals surface area (Å²) in [5.41, 5.74) is 1.71. The Morgan fingerprint density at radius 1 is 1.19 bits per heavy atom. The van der Waals surface area contributed by atoms with Gasteiger partial charge in [0.05, 0.1) is 12.6 Å². The molecule has 1 aliphatic heterocycles. The Kier molecular flexibility index (Phi) is 4.58. The molecule has 27 heavy (non-hydrogen) atoms. The Labute approximate surface area is 157 Å². The van der Waals surface area contributed by atoms with Crippen LogP contribution in [0.25, 0.3) is 0 Å². The molecule has 1 saturated carbocycles. The standard InChI is InChI=1S/C21H22N2O4/c24-18(15-5-2-1-3-6-15)21(9-10-21)14-22-19(25)16-7-4-8-17(13-16)23-11-12-27-20(23)26/h1-8,13,18,24H,9-12,14H2,(H,22,25). The van der Waals surface area contributed by atoms with Gasteiger partial charge in [0.1, 0.15) is 6.61 Å². The summed E-state index contributed by atoms with van der Waals surface area (Å²) in [5, 5.41) is 13.6. The molecule has 6 nitrogen and oxygen atoms in total. The van der Waals surface area contributed by atoms with E-state index in [4.69, 9.17) is 4.74 Å². The highest BCUT2D eigenvalue weighted by atomic mass is 16.6. The van der Waals surface area contributed by atoms with Crippen LogP contribution < -0.4 is 10.2 Å². The van der Waals surface area contributed by atoms with Crippen molar-refractivity contribution < 1.29 is 19.4 Å². The van der Waals surface area contributed by atoms with Gasteiger partial charge in [-0.2, -0.15) is 0 Å². The Hall–Kier alpha value is -2.86. The maximum absolute atomic E-state index is 12.6. The molecule has 2 aliphatic rings. The number of ether oxygens (including phenoxy) is 1. The van der Waals surface area contributed by atoms with Crippen LogP contribution in [0, 0.1) is 5.41 Å². The minimum Gasteiger partial charge on any atom is -0.447 e. The van der Waals surface area contributed by atoms with Gasteiger partial charge in [-0.05, 0) is 36.6 Å². The summed E-state index contributed by atoms with van der Waals surface area (Å²) >= 11 is 0. The lowest BCUT2D eigenvalue weighted by molar-refractivity contribution is 0.0808. The van der Waals surface area contributed by atoms with Crippen LogP contribution in [-0.2, 0) is 4.74 Å². The molecular formula is C21H22N2O4. The van der Waals surface area contributed by atoms with E-state index in [9.17, 15) is 14.7 Å². The fourth-order valence-corrected chi connectivity index (χ4v) is 3.50. The van der Waals surface area contributed by atoms with Gasteiger partial charge in [0.2, 0.25) is 0 Å². The number of carbonyl (C=O) groups is 2. The largest absolute Gasteiger partial charge is 0.447 e. The first-order valence-corrected chi connectivity index (χ1v) is 9.15. The predicted octanol–water partition coefficient (Wildman–Crippen LogP) is 2.89. The first kappa shape index (κ1) is 17.5. The van der Waals surface area contributed by atoms with Crippen LogP contribution in [0.3, 0.4) is 0 Å². The number of aliphatic hydroxyl groups is 1. The fraction of sp³-hybridized carbons (Fsp3) is 0.333.